The van der Waals surface area contributed by atoms with Crippen LogP contribution >= 0.6 is 11.8 Å². The number of carbonyl (C=O) groups is 1. The van der Waals surface area contributed by atoms with E-state index in [0.29, 0.717) is 16.8 Å². The summed E-state index contributed by atoms with van der Waals surface area (Å²) in [4.78, 5) is 42.9. The molecule has 27 heavy (non-hydrogen) atoms. The molecule has 8 heteroatoms. The van der Waals surface area contributed by atoms with Gasteiger partial charge in [-0.25, -0.2) is 9.78 Å². The molecule has 0 radical (unpaired) electrons. The number of rotatable bonds is 4. The van der Waals surface area contributed by atoms with Crippen LogP contribution in [0.4, 0.5) is 5.69 Å². The SMILES string of the molecule is CCSc1ccccc1C(=O)Nc1c(C)cnc2c1c(=O)n(C)c(=O)n2C. The van der Waals surface area contributed by atoms with Gasteiger partial charge in [0.1, 0.15) is 5.39 Å². The Hall–Kier alpha value is -2.87. The molecule has 1 aromatic carbocycles. The number of nitrogens with one attached hydrogen (secondary N) is 1. The highest BCUT2D eigenvalue weighted by Gasteiger charge is 2.19. The smallest absolute Gasteiger partial charge is 0.321 e. The van der Waals surface area contributed by atoms with Crippen LogP contribution in [0.5, 0.6) is 0 Å². The van der Waals surface area contributed by atoms with Crippen molar-refractivity contribution in [3.8, 4) is 0 Å². The summed E-state index contributed by atoms with van der Waals surface area (Å²) in [5.41, 5.74) is 0.835. The molecule has 0 aliphatic heterocycles. The molecule has 2 heterocycles. The first-order valence-electron chi connectivity index (χ1n) is 8.45. The highest BCUT2D eigenvalue weighted by molar-refractivity contribution is 7.99. The topological polar surface area (TPSA) is 86.0 Å². The molecule has 1 N–H and O–H groups in total. The van der Waals surface area contributed by atoms with Crippen LogP contribution in [0.15, 0.2) is 44.9 Å². The number of hydrogen-bond acceptors (Lipinski definition) is 5. The second kappa shape index (κ2) is 7.40. The summed E-state index contributed by atoms with van der Waals surface area (Å²) in [7, 11) is 2.95. The second-order valence-electron chi connectivity index (χ2n) is 6.10. The van der Waals surface area contributed by atoms with Crippen LogP contribution < -0.4 is 16.6 Å². The first-order valence-corrected chi connectivity index (χ1v) is 9.43. The molecule has 140 valence electrons. The number of benzene rings is 1. The third kappa shape index (κ3) is 3.28. The van der Waals surface area contributed by atoms with Gasteiger partial charge in [-0.1, -0.05) is 19.1 Å². The van der Waals surface area contributed by atoms with Crippen LogP contribution in [0.1, 0.15) is 22.8 Å². The van der Waals surface area contributed by atoms with Gasteiger partial charge in [0.25, 0.3) is 11.5 Å². The van der Waals surface area contributed by atoms with Crippen LogP contribution in [-0.2, 0) is 14.1 Å². The fraction of sp³-hybridized carbons (Fsp3) is 0.263. The summed E-state index contributed by atoms with van der Waals surface area (Å²) in [6.07, 6.45) is 1.55. The highest BCUT2D eigenvalue weighted by Crippen LogP contribution is 2.26. The maximum absolute atomic E-state index is 12.9. The number of aromatic nitrogens is 3. The van der Waals surface area contributed by atoms with E-state index in [2.05, 4.69) is 10.3 Å². The predicted molar refractivity (Wildman–Crippen MR) is 108 cm³/mol. The Bertz CT molecular complexity index is 1160. The maximum atomic E-state index is 12.9. The van der Waals surface area contributed by atoms with Gasteiger partial charge in [-0.3, -0.25) is 18.7 Å². The van der Waals surface area contributed by atoms with Crippen LogP contribution in [0.3, 0.4) is 0 Å². The second-order valence-corrected chi connectivity index (χ2v) is 7.41. The van der Waals surface area contributed by atoms with E-state index in [1.807, 2.05) is 19.1 Å². The van der Waals surface area contributed by atoms with Crippen molar-refractivity contribution < 1.29 is 4.79 Å². The van der Waals surface area contributed by atoms with Crippen LogP contribution in [0.2, 0.25) is 0 Å². The summed E-state index contributed by atoms with van der Waals surface area (Å²) >= 11 is 1.57. The average molecular weight is 384 g/mol. The van der Waals surface area contributed by atoms with Crippen molar-refractivity contribution in [3.63, 3.8) is 0 Å². The van der Waals surface area contributed by atoms with E-state index in [4.69, 9.17) is 0 Å². The number of pyridine rings is 1. The molecule has 0 saturated heterocycles. The zero-order valence-electron chi connectivity index (χ0n) is 15.6. The van der Waals surface area contributed by atoms with Gasteiger partial charge in [0, 0.05) is 25.2 Å². The number of thioether (sulfide) groups is 1. The molecule has 1 amide bonds. The summed E-state index contributed by atoms with van der Waals surface area (Å²) in [5.74, 6) is 0.530. The average Bonchev–Trinajstić information content (AvgIpc) is 2.66. The standard InChI is InChI=1S/C19H20N4O3S/c1-5-27-13-9-7-6-8-12(13)17(24)21-15-11(2)10-20-16-14(15)18(25)23(4)19(26)22(16)3/h6-10H,5H2,1-4H3,(H,20,21,24). The highest BCUT2D eigenvalue weighted by atomic mass is 32.2. The molecule has 0 fully saturated rings. The van der Waals surface area contributed by atoms with Crippen molar-refractivity contribution in [3.05, 3.63) is 62.4 Å². The molecule has 0 spiro atoms. The van der Waals surface area contributed by atoms with Gasteiger partial charge in [0.15, 0.2) is 5.65 Å². The number of nitrogens with zero attached hydrogens (tertiary/aromatic N) is 3. The minimum atomic E-state index is -0.490. The van der Waals surface area contributed by atoms with Crippen molar-refractivity contribution in [2.24, 2.45) is 14.1 Å². The normalized spacial score (nSPS) is 11.0. The van der Waals surface area contributed by atoms with Gasteiger partial charge >= 0.3 is 5.69 Å². The molecule has 0 aliphatic rings. The Labute approximate surface area is 160 Å². The first-order chi connectivity index (χ1) is 12.9. The number of amides is 1. The molecule has 3 rings (SSSR count). The molecule has 0 atom stereocenters. The molecule has 2 aromatic heterocycles. The molecule has 7 nitrogen and oxygen atoms in total. The number of anilines is 1. The lowest BCUT2D eigenvalue weighted by atomic mass is 10.1. The largest absolute Gasteiger partial charge is 0.332 e. The monoisotopic (exact) mass is 384 g/mol. The third-order valence-corrected chi connectivity index (χ3v) is 5.28. The first kappa shape index (κ1) is 18.9. The molecule has 0 saturated carbocycles. The lowest BCUT2D eigenvalue weighted by Gasteiger charge is -2.14. The fourth-order valence-corrected chi connectivity index (χ4v) is 3.70. The Morgan fingerprint density at radius 2 is 1.89 bits per heavy atom. The lowest BCUT2D eigenvalue weighted by molar-refractivity contribution is 0.102. The van der Waals surface area contributed by atoms with Crippen LogP contribution in [0, 0.1) is 6.92 Å². The van der Waals surface area contributed by atoms with Crippen LogP contribution in [0.25, 0.3) is 11.0 Å². The van der Waals surface area contributed by atoms with E-state index in [1.165, 1.54) is 11.6 Å². The van der Waals surface area contributed by atoms with Gasteiger partial charge in [-0.15, -0.1) is 11.8 Å². The van der Waals surface area contributed by atoms with E-state index in [1.54, 1.807) is 44.1 Å². The number of hydrogen-bond donors (Lipinski definition) is 1. The molecule has 0 unspecified atom stereocenters. The Balaban J connectivity index is 2.19. The van der Waals surface area contributed by atoms with E-state index in [9.17, 15) is 14.4 Å². The number of aryl methyl sites for hydroxylation is 2. The third-order valence-electron chi connectivity index (χ3n) is 4.33. The summed E-state index contributed by atoms with van der Waals surface area (Å²) < 4.78 is 2.31. The van der Waals surface area contributed by atoms with Crippen molar-refractivity contribution in [2.45, 2.75) is 18.7 Å². The van der Waals surface area contributed by atoms with Crippen molar-refractivity contribution in [1.82, 2.24) is 14.1 Å². The Morgan fingerprint density at radius 3 is 2.59 bits per heavy atom. The van der Waals surface area contributed by atoms with E-state index in [-0.39, 0.29) is 16.9 Å². The van der Waals surface area contributed by atoms with Crippen LogP contribution in [-0.4, -0.2) is 25.8 Å². The molecule has 0 bridgehead atoms. The number of fused-ring (bicyclic) bond motifs is 1. The van der Waals surface area contributed by atoms with Crippen molar-refractivity contribution in [2.75, 3.05) is 11.1 Å². The zero-order valence-corrected chi connectivity index (χ0v) is 16.4. The lowest BCUT2D eigenvalue weighted by Crippen LogP contribution is -2.37. The van der Waals surface area contributed by atoms with E-state index < -0.39 is 11.2 Å². The molecular weight excluding hydrogens is 364 g/mol. The zero-order chi connectivity index (χ0) is 19.7. The summed E-state index contributed by atoms with van der Waals surface area (Å²) in [6, 6.07) is 7.32. The van der Waals surface area contributed by atoms with Gasteiger partial charge in [0.2, 0.25) is 0 Å². The van der Waals surface area contributed by atoms with E-state index in [0.717, 1.165) is 15.2 Å². The number of carbonyl (C=O) groups excluding carboxylic acids is 1. The van der Waals surface area contributed by atoms with Gasteiger partial charge in [-0.2, -0.15) is 0 Å². The maximum Gasteiger partial charge on any atom is 0.332 e. The molecular formula is C19H20N4O3S. The minimum absolute atomic E-state index is 0.216. The van der Waals surface area contributed by atoms with Crippen molar-refractivity contribution >= 4 is 34.4 Å². The van der Waals surface area contributed by atoms with Gasteiger partial charge in [0.05, 0.1) is 11.3 Å². The fourth-order valence-electron chi connectivity index (χ4n) is 2.90. The summed E-state index contributed by atoms with van der Waals surface area (Å²) in [5, 5.41) is 3.08. The quantitative estimate of drug-likeness (QED) is 0.698. The van der Waals surface area contributed by atoms with Crippen molar-refractivity contribution in [1.29, 1.82) is 0 Å². The Kier molecular flexibility index (Phi) is 5.18. The summed E-state index contributed by atoms with van der Waals surface area (Å²) in [6.45, 7) is 3.78. The minimum Gasteiger partial charge on any atom is -0.321 e. The van der Waals surface area contributed by atoms with E-state index >= 15 is 0 Å². The van der Waals surface area contributed by atoms with Gasteiger partial charge < -0.3 is 5.32 Å². The van der Waals surface area contributed by atoms with Gasteiger partial charge in [-0.05, 0) is 30.4 Å². The predicted octanol–water partition coefficient (Wildman–Crippen LogP) is 2.30. The Morgan fingerprint density at radius 1 is 1.19 bits per heavy atom. The molecule has 0 aliphatic carbocycles. The molecule has 3 aromatic rings.